The highest BCUT2D eigenvalue weighted by molar-refractivity contribution is 5.08. The van der Waals surface area contributed by atoms with Gasteiger partial charge in [-0.15, -0.1) is 0 Å². The number of aliphatic hydroxyl groups is 1. The van der Waals surface area contributed by atoms with E-state index < -0.39 is 5.60 Å². The molecular formula is C13H25NO2. The number of methoxy groups -OCH3 is 1. The highest BCUT2D eigenvalue weighted by Crippen LogP contribution is 2.53. The Labute approximate surface area is 98.4 Å². The molecule has 16 heavy (non-hydrogen) atoms. The first-order chi connectivity index (χ1) is 7.66. The van der Waals surface area contributed by atoms with Gasteiger partial charge in [0.15, 0.2) is 0 Å². The smallest absolute Gasteiger partial charge is 0.0765 e. The van der Waals surface area contributed by atoms with Gasteiger partial charge in [-0.2, -0.15) is 0 Å². The van der Waals surface area contributed by atoms with Crippen molar-refractivity contribution in [2.75, 3.05) is 13.7 Å². The lowest BCUT2D eigenvalue weighted by Crippen LogP contribution is -2.62. The minimum Gasteiger partial charge on any atom is -0.389 e. The van der Waals surface area contributed by atoms with E-state index in [1.54, 1.807) is 7.11 Å². The Morgan fingerprint density at radius 3 is 2.19 bits per heavy atom. The molecule has 2 aliphatic rings. The standard InChI is InChI=1S/C13H25NO2/c1-16-11-8-13(15,9-11)12(10-14)6-4-2-3-5-7-12/h11,15H,2-10,14H2,1H3. The van der Waals surface area contributed by atoms with Crippen LogP contribution in [-0.4, -0.2) is 30.5 Å². The molecule has 0 unspecified atom stereocenters. The molecule has 2 fully saturated rings. The van der Waals surface area contributed by atoms with Gasteiger partial charge < -0.3 is 15.6 Å². The van der Waals surface area contributed by atoms with Crippen LogP contribution in [-0.2, 0) is 4.74 Å². The van der Waals surface area contributed by atoms with Crippen LogP contribution in [0.4, 0.5) is 0 Å². The van der Waals surface area contributed by atoms with Crippen LogP contribution in [0.3, 0.4) is 0 Å². The van der Waals surface area contributed by atoms with Crippen LogP contribution in [0.25, 0.3) is 0 Å². The number of ether oxygens (including phenoxy) is 1. The highest BCUT2D eigenvalue weighted by atomic mass is 16.5. The van der Waals surface area contributed by atoms with Gasteiger partial charge in [0.25, 0.3) is 0 Å². The van der Waals surface area contributed by atoms with Crippen molar-refractivity contribution < 1.29 is 9.84 Å². The maximum absolute atomic E-state index is 10.8. The quantitative estimate of drug-likeness (QED) is 0.723. The molecule has 0 aromatic heterocycles. The Balaban J connectivity index is 2.08. The van der Waals surface area contributed by atoms with Crippen molar-refractivity contribution in [2.45, 2.75) is 63.1 Å². The Kier molecular flexibility index (Phi) is 3.57. The Bertz CT molecular complexity index is 228. The fraction of sp³-hybridized carbons (Fsp3) is 1.00. The SMILES string of the molecule is COC1CC(O)(C2(CN)CCCCCC2)C1. The first-order valence-corrected chi connectivity index (χ1v) is 6.61. The van der Waals surface area contributed by atoms with Gasteiger partial charge in [0.2, 0.25) is 0 Å². The second-order valence-electron chi connectivity index (χ2n) is 5.70. The van der Waals surface area contributed by atoms with E-state index >= 15 is 0 Å². The normalized spacial score (nSPS) is 38.8. The number of hydrogen-bond donors (Lipinski definition) is 2. The molecule has 0 aliphatic heterocycles. The third-order valence-corrected chi connectivity index (χ3v) is 4.90. The van der Waals surface area contributed by atoms with Crippen molar-refractivity contribution >= 4 is 0 Å². The zero-order valence-corrected chi connectivity index (χ0v) is 10.4. The number of hydrogen-bond acceptors (Lipinski definition) is 3. The molecule has 0 atom stereocenters. The third kappa shape index (κ3) is 1.89. The molecular weight excluding hydrogens is 202 g/mol. The first-order valence-electron chi connectivity index (χ1n) is 6.61. The van der Waals surface area contributed by atoms with Crippen LogP contribution in [0.2, 0.25) is 0 Å². The summed E-state index contributed by atoms with van der Waals surface area (Å²) in [6, 6.07) is 0. The van der Waals surface area contributed by atoms with Crippen molar-refractivity contribution in [3.63, 3.8) is 0 Å². The molecule has 3 heteroatoms. The van der Waals surface area contributed by atoms with E-state index in [2.05, 4.69) is 0 Å². The number of rotatable bonds is 3. The lowest BCUT2D eigenvalue weighted by molar-refractivity contribution is -0.198. The molecule has 94 valence electrons. The summed E-state index contributed by atoms with van der Waals surface area (Å²) in [6.45, 7) is 0.625. The Hall–Kier alpha value is -0.120. The average Bonchev–Trinajstić information content (AvgIpc) is 2.50. The van der Waals surface area contributed by atoms with Gasteiger partial charge in [-0.1, -0.05) is 25.7 Å². The molecule has 0 aromatic rings. The van der Waals surface area contributed by atoms with Crippen molar-refractivity contribution in [3.8, 4) is 0 Å². The number of nitrogens with two attached hydrogens (primary N) is 1. The van der Waals surface area contributed by atoms with Gasteiger partial charge in [-0.3, -0.25) is 0 Å². The van der Waals surface area contributed by atoms with Gasteiger partial charge in [0.1, 0.15) is 0 Å². The van der Waals surface area contributed by atoms with Crippen LogP contribution in [0.1, 0.15) is 51.4 Å². The topological polar surface area (TPSA) is 55.5 Å². The predicted molar refractivity (Wildman–Crippen MR) is 64.2 cm³/mol. The van der Waals surface area contributed by atoms with E-state index in [1.807, 2.05) is 0 Å². The van der Waals surface area contributed by atoms with Crippen molar-refractivity contribution in [1.82, 2.24) is 0 Å². The molecule has 0 heterocycles. The highest BCUT2D eigenvalue weighted by Gasteiger charge is 2.56. The van der Waals surface area contributed by atoms with Gasteiger partial charge in [0, 0.05) is 31.9 Å². The van der Waals surface area contributed by atoms with E-state index in [0.29, 0.717) is 6.54 Å². The van der Waals surface area contributed by atoms with Crippen LogP contribution < -0.4 is 5.73 Å². The van der Waals surface area contributed by atoms with E-state index in [4.69, 9.17) is 10.5 Å². The lowest BCUT2D eigenvalue weighted by atomic mass is 9.57. The second-order valence-corrected chi connectivity index (χ2v) is 5.70. The van der Waals surface area contributed by atoms with Crippen LogP contribution in [0, 0.1) is 5.41 Å². The molecule has 0 saturated heterocycles. The Morgan fingerprint density at radius 2 is 1.75 bits per heavy atom. The molecule has 3 nitrogen and oxygen atoms in total. The summed E-state index contributed by atoms with van der Waals surface area (Å²) in [5, 5.41) is 10.8. The van der Waals surface area contributed by atoms with Crippen LogP contribution >= 0.6 is 0 Å². The van der Waals surface area contributed by atoms with Crippen LogP contribution in [0.15, 0.2) is 0 Å². The first kappa shape index (κ1) is 12.3. The summed E-state index contributed by atoms with van der Waals surface area (Å²) in [4.78, 5) is 0. The third-order valence-electron chi connectivity index (χ3n) is 4.90. The summed E-state index contributed by atoms with van der Waals surface area (Å²) in [5.74, 6) is 0. The summed E-state index contributed by atoms with van der Waals surface area (Å²) in [7, 11) is 1.73. The van der Waals surface area contributed by atoms with E-state index in [0.717, 1.165) is 25.7 Å². The minimum absolute atomic E-state index is 0.0292. The predicted octanol–water partition coefficient (Wildman–Crippen LogP) is 1.83. The molecule has 2 aliphatic carbocycles. The zero-order chi connectivity index (χ0) is 11.6. The van der Waals surface area contributed by atoms with E-state index in [9.17, 15) is 5.11 Å². The van der Waals surface area contributed by atoms with Gasteiger partial charge >= 0.3 is 0 Å². The van der Waals surface area contributed by atoms with Gasteiger partial charge in [-0.25, -0.2) is 0 Å². The molecule has 2 rings (SSSR count). The molecule has 0 bridgehead atoms. The molecule has 0 spiro atoms. The summed E-state index contributed by atoms with van der Waals surface area (Å²) in [5.41, 5.74) is 5.41. The molecule has 0 amide bonds. The summed E-state index contributed by atoms with van der Waals surface area (Å²) in [6.07, 6.45) is 9.02. The Morgan fingerprint density at radius 1 is 1.19 bits per heavy atom. The molecule has 2 saturated carbocycles. The maximum atomic E-state index is 10.8. The van der Waals surface area contributed by atoms with Gasteiger partial charge in [0.05, 0.1) is 11.7 Å². The van der Waals surface area contributed by atoms with E-state index in [1.165, 1.54) is 25.7 Å². The van der Waals surface area contributed by atoms with Crippen molar-refractivity contribution in [2.24, 2.45) is 11.1 Å². The molecule has 0 aromatic carbocycles. The zero-order valence-electron chi connectivity index (χ0n) is 10.4. The largest absolute Gasteiger partial charge is 0.389 e. The van der Waals surface area contributed by atoms with Crippen molar-refractivity contribution in [3.05, 3.63) is 0 Å². The monoisotopic (exact) mass is 227 g/mol. The molecule has 0 radical (unpaired) electrons. The lowest BCUT2D eigenvalue weighted by Gasteiger charge is -2.55. The fourth-order valence-corrected chi connectivity index (χ4v) is 3.56. The average molecular weight is 227 g/mol. The van der Waals surface area contributed by atoms with Crippen molar-refractivity contribution in [1.29, 1.82) is 0 Å². The maximum Gasteiger partial charge on any atom is 0.0765 e. The van der Waals surface area contributed by atoms with E-state index in [-0.39, 0.29) is 11.5 Å². The fourth-order valence-electron chi connectivity index (χ4n) is 3.56. The summed E-state index contributed by atoms with van der Waals surface area (Å²) < 4.78 is 5.29. The van der Waals surface area contributed by atoms with Gasteiger partial charge in [-0.05, 0) is 12.8 Å². The summed E-state index contributed by atoms with van der Waals surface area (Å²) >= 11 is 0. The molecule has 3 N–H and O–H groups in total. The van der Waals surface area contributed by atoms with Crippen LogP contribution in [0.5, 0.6) is 0 Å². The minimum atomic E-state index is -0.549. The second kappa shape index (κ2) is 4.63.